The van der Waals surface area contributed by atoms with Crippen molar-refractivity contribution in [3.8, 4) is 0 Å². The largest absolute Gasteiger partial charge is 0.490 e. The second-order valence-electron chi connectivity index (χ2n) is 9.14. The third kappa shape index (κ3) is 6.38. The number of halogens is 4. The normalized spacial score (nSPS) is 13.2. The summed E-state index contributed by atoms with van der Waals surface area (Å²) < 4.78 is 35.9. The predicted molar refractivity (Wildman–Crippen MR) is 138 cm³/mol. The van der Waals surface area contributed by atoms with Crippen LogP contribution in [0.3, 0.4) is 0 Å². The topological polar surface area (TPSA) is 79.4 Å². The van der Waals surface area contributed by atoms with Crippen LogP contribution in [-0.2, 0) is 31.9 Å². The molecule has 0 spiro atoms. The summed E-state index contributed by atoms with van der Waals surface area (Å²) in [6.45, 7) is 9.17. The van der Waals surface area contributed by atoms with Crippen molar-refractivity contribution in [1.29, 1.82) is 0 Å². The first kappa shape index (κ1) is 28.4. The molecule has 0 unspecified atom stereocenters. The lowest BCUT2D eigenvalue weighted by atomic mass is 10.0. The summed E-state index contributed by atoms with van der Waals surface area (Å²) in [5, 5.41) is 12.9. The number of carboxylic acids is 1. The Hall–Kier alpha value is -3.21. The average molecular weight is 541 g/mol. The Morgan fingerprint density at radius 2 is 1.92 bits per heavy atom. The Kier molecular flexibility index (Phi) is 8.78. The van der Waals surface area contributed by atoms with Crippen LogP contribution in [0.5, 0.6) is 0 Å². The molecule has 0 amide bonds. The van der Waals surface area contributed by atoms with Crippen LogP contribution in [-0.4, -0.2) is 49.7 Å². The SMILES string of the molecule is CCCN(Cc1cncn1C)c1c2c(nn1C)N(c1c(C)cc(C)cc1Cl)CCC2.O=C(O)C(F)(F)F. The number of alkyl halides is 3. The van der Waals surface area contributed by atoms with Crippen molar-refractivity contribution in [3.63, 3.8) is 0 Å². The molecule has 0 fully saturated rings. The first-order valence-electron chi connectivity index (χ1n) is 12.0. The number of benzene rings is 1. The molecule has 8 nitrogen and oxygen atoms in total. The van der Waals surface area contributed by atoms with Crippen LogP contribution in [0.15, 0.2) is 24.7 Å². The highest BCUT2D eigenvalue weighted by molar-refractivity contribution is 6.33. The second kappa shape index (κ2) is 11.5. The molecule has 3 aromatic rings. The number of imidazole rings is 1. The highest BCUT2D eigenvalue weighted by atomic mass is 35.5. The molecular weight excluding hydrogens is 509 g/mol. The average Bonchev–Trinajstić information content (AvgIpc) is 3.34. The van der Waals surface area contributed by atoms with Gasteiger partial charge in [0.2, 0.25) is 0 Å². The summed E-state index contributed by atoms with van der Waals surface area (Å²) in [5.41, 5.74) is 5.98. The maximum Gasteiger partial charge on any atom is 0.490 e. The smallest absolute Gasteiger partial charge is 0.475 e. The summed E-state index contributed by atoms with van der Waals surface area (Å²) in [6, 6.07) is 4.25. The second-order valence-corrected chi connectivity index (χ2v) is 9.54. The number of nitrogens with zero attached hydrogens (tertiary/aromatic N) is 6. The van der Waals surface area contributed by atoms with E-state index in [9.17, 15) is 13.2 Å². The fourth-order valence-electron chi connectivity index (χ4n) is 4.63. The van der Waals surface area contributed by atoms with Crippen molar-refractivity contribution >= 4 is 34.9 Å². The van der Waals surface area contributed by atoms with Crippen molar-refractivity contribution in [1.82, 2.24) is 19.3 Å². The lowest BCUT2D eigenvalue weighted by Gasteiger charge is -2.31. The van der Waals surface area contributed by atoms with E-state index in [2.05, 4.69) is 60.3 Å². The van der Waals surface area contributed by atoms with E-state index in [0.29, 0.717) is 0 Å². The van der Waals surface area contributed by atoms with E-state index in [1.54, 1.807) is 0 Å². The first-order chi connectivity index (χ1) is 17.3. The lowest BCUT2D eigenvalue weighted by molar-refractivity contribution is -0.192. The quantitative estimate of drug-likeness (QED) is 0.441. The molecule has 37 heavy (non-hydrogen) atoms. The number of aryl methyl sites for hydroxylation is 4. The van der Waals surface area contributed by atoms with Crippen molar-refractivity contribution < 1.29 is 23.1 Å². The van der Waals surface area contributed by atoms with Crippen LogP contribution in [0, 0.1) is 13.8 Å². The standard InChI is InChI=1S/C23H31ClN6.C2HF3O2/c1-6-9-29(14-18-13-25-15-27(18)4)23-19-8-7-10-30(22(19)26-28(23)5)21-17(3)11-16(2)12-20(21)24;3-2(4,5)1(6)7/h11-13,15H,6-10,14H2,1-5H3;(H,6,7). The number of carbonyl (C=O) groups is 1. The van der Waals surface area contributed by atoms with Gasteiger partial charge in [0, 0.05) is 38.9 Å². The number of hydrogen-bond donors (Lipinski definition) is 1. The number of hydrogen-bond acceptors (Lipinski definition) is 5. The minimum Gasteiger partial charge on any atom is -0.475 e. The molecule has 0 saturated heterocycles. The zero-order chi connectivity index (χ0) is 27.5. The highest BCUT2D eigenvalue weighted by Crippen LogP contribution is 2.42. The fraction of sp³-hybridized carbons (Fsp3) is 0.480. The van der Waals surface area contributed by atoms with Gasteiger partial charge in [-0.2, -0.15) is 18.3 Å². The summed E-state index contributed by atoms with van der Waals surface area (Å²) in [7, 11) is 4.11. The Morgan fingerprint density at radius 3 is 2.46 bits per heavy atom. The van der Waals surface area contributed by atoms with Gasteiger partial charge in [-0.1, -0.05) is 24.6 Å². The van der Waals surface area contributed by atoms with Crippen LogP contribution in [0.25, 0.3) is 0 Å². The van der Waals surface area contributed by atoms with Crippen LogP contribution in [0.1, 0.15) is 42.1 Å². The van der Waals surface area contributed by atoms with E-state index in [1.165, 1.54) is 28.2 Å². The predicted octanol–water partition coefficient (Wildman–Crippen LogP) is 5.56. The van der Waals surface area contributed by atoms with E-state index in [4.69, 9.17) is 26.6 Å². The molecule has 0 saturated carbocycles. The molecule has 1 N–H and O–H groups in total. The number of aliphatic carboxylic acids is 1. The van der Waals surface area contributed by atoms with Crippen LogP contribution >= 0.6 is 11.6 Å². The minimum atomic E-state index is -5.08. The molecule has 0 aliphatic carbocycles. The van der Waals surface area contributed by atoms with Crippen molar-refractivity contribution in [2.75, 3.05) is 22.9 Å². The maximum atomic E-state index is 10.6. The summed E-state index contributed by atoms with van der Waals surface area (Å²) in [6.07, 6.45) is 1.92. The van der Waals surface area contributed by atoms with Crippen molar-refractivity contribution in [2.45, 2.75) is 52.8 Å². The van der Waals surface area contributed by atoms with Gasteiger partial charge in [-0.15, -0.1) is 0 Å². The van der Waals surface area contributed by atoms with Crippen LogP contribution in [0.4, 0.5) is 30.5 Å². The zero-order valence-corrected chi connectivity index (χ0v) is 22.4. The monoisotopic (exact) mass is 540 g/mol. The molecule has 2 aromatic heterocycles. The molecule has 3 heterocycles. The molecule has 202 valence electrons. The molecule has 1 aromatic carbocycles. The molecular formula is C25H32ClF3N6O2. The van der Waals surface area contributed by atoms with Gasteiger partial charge in [-0.3, -0.25) is 4.68 Å². The van der Waals surface area contributed by atoms with Gasteiger partial charge in [0.15, 0.2) is 5.82 Å². The van der Waals surface area contributed by atoms with Crippen LogP contribution in [0.2, 0.25) is 5.02 Å². The molecule has 1 aliphatic rings. The summed E-state index contributed by atoms with van der Waals surface area (Å²) >= 11 is 6.71. The van der Waals surface area contributed by atoms with E-state index < -0.39 is 12.1 Å². The van der Waals surface area contributed by atoms with E-state index in [1.807, 2.05) is 23.3 Å². The summed E-state index contributed by atoms with van der Waals surface area (Å²) in [5.74, 6) is -0.509. The molecule has 0 bridgehead atoms. The third-order valence-electron chi connectivity index (χ3n) is 6.13. The molecule has 0 atom stereocenters. The lowest BCUT2D eigenvalue weighted by Crippen LogP contribution is -2.29. The van der Waals surface area contributed by atoms with Gasteiger partial charge in [0.25, 0.3) is 0 Å². The Labute approximate surface area is 219 Å². The van der Waals surface area contributed by atoms with Crippen molar-refractivity contribution in [3.05, 3.63) is 52.1 Å². The first-order valence-corrected chi connectivity index (χ1v) is 12.3. The molecule has 0 radical (unpaired) electrons. The van der Waals surface area contributed by atoms with Gasteiger partial charge in [-0.05, 0) is 50.3 Å². The molecule has 12 heteroatoms. The summed E-state index contributed by atoms with van der Waals surface area (Å²) in [4.78, 5) is 17.9. The van der Waals surface area contributed by atoms with Gasteiger partial charge >= 0.3 is 12.1 Å². The Morgan fingerprint density at radius 1 is 1.24 bits per heavy atom. The van der Waals surface area contributed by atoms with E-state index >= 15 is 0 Å². The Balaban J connectivity index is 0.000000479. The minimum absolute atomic E-state index is 0.799. The number of fused-ring (bicyclic) bond motifs is 1. The fourth-order valence-corrected chi connectivity index (χ4v) is 5.05. The van der Waals surface area contributed by atoms with Gasteiger partial charge < -0.3 is 19.5 Å². The number of aromatic nitrogens is 4. The van der Waals surface area contributed by atoms with Gasteiger partial charge in [-0.25, -0.2) is 9.78 Å². The van der Waals surface area contributed by atoms with Crippen LogP contribution < -0.4 is 9.80 Å². The molecule has 4 rings (SSSR count). The van der Waals surface area contributed by atoms with Crippen molar-refractivity contribution in [2.24, 2.45) is 14.1 Å². The van der Waals surface area contributed by atoms with E-state index in [-0.39, 0.29) is 0 Å². The van der Waals surface area contributed by atoms with Gasteiger partial charge in [0.1, 0.15) is 5.82 Å². The number of anilines is 3. The van der Waals surface area contributed by atoms with Gasteiger partial charge in [0.05, 0.1) is 29.3 Å². The molecule has 1 aliphatic heterocycles. The third-order valence-corrected chi connectivity index (χ3v) is 6.42. The maximum absolute atomic E-state index is 10.6. The number of carboxylic acid groups (broad SMARTS) is 1. The Bertz CT molecular complexity index is 1230. The number of rotatable bonds is 6. The van der Waals surface area contributed by atoms with E-state index in [0.717, 1.165) is 55.4 Å². The highest BCUT2D eigenvalue weighted by Gasteiger charge is 2.38. The zero-order valence-electron chi connectivity index (χ0n) is 21.6.